The third-order valence-corrected chi connectivity index (χ3v) is 3.09. The molecule has 0 aliphatic carbocycles. The second-order valence-corrected chi connectivity index (χ2v) is 4.41. The molecule has 0 spiro atoms. The minimum atomic E-state index is -0.617. The summed E-state index contributed by atoms with van der Waals surface area (Å²) in [7, 11) is 2.94. The van der Waals surface area contributed by atoms with Crippen LogP contribution >= 0.6 is 0 Å². The fraction of sp³-hybridized carbons (Fsp3) is 0.125. The number of anilines is 1. The smallest absolute Gasteiger partial charge is 0.259 e. The van der Waals surface area contributed by atoms with Crippen LogP contribution in [0.1, 0.15) is 20.7 Å². The number of carbonyl (C=O) groups is 2. The Morgan fingerprint density at radius 1 is 0.955 bits per heavy atom. The first-order valence-electron chi connectivity index (χ1n) is 6.49. The molecular formula is C16H16N2O4. The van der Waals surface area contributed by atoms with Crippen molar-refractivity contribution < 1.29 is 19.1 Å². The first-order valence-corrected chi connectivity index (χ1v) is 6.49. The van der Waals surface area contributed by atoms with Crippen LogP contribution in [0, 0.1) is 0 Å². The molecule has 0 bridgehead atoms. The van der Waals surface area contributed by atoms with Crippen LogP contribution in [0.2, 0.25) is 0 Å². The zero-order valence-electron chi connectivity index (χ0n) is 12.3. The number of benzene rings is 2. The van der Waals surface area contributed by atoms with Gasteiger partial charge in [-0.25, -0.2) is 0 Å². The van der Waals surface area contributed by atoms with E-state index < -0.39 is 11.8 Å². The molecule has 22 heavy (non-hydrogen) atoms. The van der Waals surface area contributed by atoms with Gasteiger partial charge in [0.05, 0.1) is 31.0 Å². The van der Waals surface area contributed by atoms with E-state index in [4.69, 9.17) is 15.2 Å². The van der Waals surface area contributed by atoms with Gasteiger partial charge in [-0.15, -0.1) is 0 Å². The molecule has 114 valence electrons. The van der Waals surface area contributed by atoms with E-state index in [2.05, 4.69) is 5.32 Å². The Hall–Kier alpha value is -3.02. The lowest BCUT2D eigenvalue weighted by Crippen LogP contribution is -2.18. The molecule has 0 aliphatic heterocycles. The molecule has 0 radical (unpaired) electrons. The van der Waals surface area contributed by atoms with Crippen LogP contribution in [0.3, 0.4) is 0 Å². The largest absolute Gasteiger partial charge is 0.493 e. The van der Waals surface area contributed by atoms with Gasteiger partial charge in [0.25, 0.3) is 11.8 Å². The van der Waals surface area contributed by atoms with E-state index in [0.29, 0.717) is 22.7 Å². The molecule has 0 saturated carbocycles. The molecule has 0 atom stereocenters. The molecule has 0 aliphatic rings. The molecule has 6 heteroatoms. The predicted octanol–water partition coefficient (Wildman–Crippen LogP) is 2.05. The number of rotatable bonds is 5. The SMILES string of the molecule is COc1cccc(C(=O)Nc2ccccc2C(N)=O)c1OC. The maximum absolute atomic E-state index is 12.4. The van der Waals surface area contributed by atoms with Crippen molar-refractivity contribution in [3.8, 4) is 11.5 Å². The summed E-state index contributed by atoms with van der Waals surface area (Å²) < 4.78 is 10.4. The number of nitrogens with one attached hydrogen (secondary N) is 1. The van der Waals surface area contributed by atoms with E-state index in [1.165, 1.54) is 14.2 Å². The van der Waals surface area contributed by atoms with Crippen LogP contribution < -0.4 is 20.5 Å². The van der Waals surface area contributed by atoms with E-state index in [1.54, 1.807) is 42.5 Å². The summed E-state index contributed by atoms with van der Waals surface area (Å²) in [5.74, 6) is -0.282. The summed E-state index contributed by atoms with van der Waals surface area (Å²) >= 11 is 0. The lowest BCUT2D eigenvalue weighted by Gasteiger charge is -2.13. The summed E-state index contributed by atoms with van der Waals surface area (Å²) in [6.07, 6.45) is 0. The van der Waals surface area contributed by atoms with Gasteiger partial charge >= 0.3 is 0 Å². The first-order chi connectivity index (χ1) is 10.6. The average molecular weight is 300 g/mol. The van der Waals surface area contributed by atoms with Crippen molar-refractivity contribution in [2.45, 2.75) is 0 Å². The maximum Gasteiger partial charge on any atom is 0.259 e. The van der Waals surface area contributed by atoms with E-state index in [-0.39, 0.29) is 5.56 Å². The lowest BCUT2D eigenvalue weighted by atomic mass is 10.1. The quantitative estimate of drug-likeness (QED) is 0.884. The number of primary amides is 1. The van der Waals surface area contributed by atoms with Crippen molar-refractivity contribution in [2.75, 3.05) is 19.5 Å². The molecule has 0 fully saturated rings. The van der Waals surface area contributed by atoms with Gasteiger partial charge < -0.3 is 20.5 Å². The Balaban J connectivity index is 2.37. The maximum atomic E-state index is 12.4. The summed E-state index contributed by atoms with van der Waals surface area (Å²) in [5, 5.41) is 2.66. The lowest BCUT2D eigenvalue weighted by molar-refractivity contribution is 0.100. The summed E-state index contributed by atoms with van der Waals surface area (Å²) in [5.41, 5.74) is 6.16. The fourth-order valence-electron chi connectivity index (χ4n) is 2.06. The number of methoxy groups -OCH3 is 2. The molecular weight excluding hydrogens is 284 g/mol. The molecule has 0 aromatic heterocycles. The highest BCUT2D eigenvalue weighted by Crippen LogP contribution is 2.31. The Morgan fingerprint density at radius 3 is 2.27 bits per heavy atom. The van der Waals surface area contributed by atoms with Gasteiger partial charge in [0, 0.05) is 0 Å². The zero-order chi connectivity index (χ0) is 16.1. The monoisotopic (exact) mass is 300 g/mol. The summed E-state index contributed by atoms with van der Waals surface area (Å²) in [6.45, 7) is 0. The summed E-state index contributed by atoms with van der Waals surface area (Å²) in [4.78, 5) is 23.8. The number of nitrogens with two attached hydrogens (primary N) is 1. The third-order valence-electron chi connectivity index (χ3n) is 3.09. The third kappa shape index (κ3) is 3.01. The zero-order valence-corrected chi connectivity index (χ0v) is 12.3. The van der Waals surface area contributed by atoms with Gasteiger partial charge in [-0.2, -0.15) is 0 Å². The molecule has 2 aromatic rings. The normalized spacial score (nSPS) is 9.91. The molecule has 0 unspecified atom stereocenters. The van der Waals surface area contributed by atoms with Crippen LogP contribution in [0.25, 0.3) is 0 Å². The van der Waals surface area contributed by atoms with Gasteiger partial charge in [-0.05, 0) is 24.3 Å². The predicted molar refractivity (Wildman–Crippen MR) is 82.5 cm³/mol. The van der Waals surface area contributed by atoms with Gasteiger partial charge in [-0.3, -0.25) is 9.59 Å². The number of para-hydroxylation sites is 2. The molecule has 2 aromatic carbocycles. The number of ether oxygens (including phenoxy) is 2. The van der Waals surface area contributed by atoms with Crippen molar-refractivity contribution in [2.24, 2.45) is 5.73 Å². The second kappa shape index (κ2) is 6.62. The Kier molecular flexibility index (Phi) is 4.63. The second-order valence-electron chi connectivity index (χ2n) is 4.41. The van der Waals surface area contributed by atoms with Crippen LogP contribution in [0.15, 0.2) is 42.5 Å². The molecule has 3 N–H and O–H groups in total. The Bertz CT molecular complexity index is 713. The van der Waals surface area contributed by atoms with Crippen LogP contribution in [0.5, 0.6) is 11.5 Å². The van der Waals surface area contributed by atoms with E-state index in [1.807, 2.05) is 0 Å². The van der Waals surface area contributed by atoms with Crippen LogP contribution in [0.4, 0.5) is 5.69 Å². The van der Waals surface area contributed by atoms with Crippen molar-refractivity contribution in [1.29, 1.82) is 0 Å². The highest BCUT2D eigenvalue weighted by atomic mass is 16.5. The van der Waals surface area contributed by atoms with Crippen molar-refractivity contribution in [3.05, 3.63) is 53.6 Å². The van der Waals surface area contributed by atoms with Crippen molar-refractivity contribution >= 4 is 17.5 Å². The van der Waals surface area contributed by atoms with Gasteiger partial charge in [-0.1, -0.05) is 18.2 Å². The fourth-order valence-corrected chi connectivity index (χ4v) is 2.06. The minimum Gasteiger partial charge on any atom is -0.493 e. The molecule has 2 rings (SSSR count). The molecule has 2 amide bonds. The Morgan fingerprint density at radius 2 is 1.64 bits per heavy atom. The minimum absolute atomic E-state index is 0.234. The van der Waals surface area contributed by atoms with Crippen LogP contribution in [-0.2, 0) is 0 Å². The highest BCUT2D eigenvalue weighted by molar-refractivity contribution is 6.10. The van der Waals surface area contributed by atoms with Crippen molar-refractivity contribution in [3.63, 3.8) is 0 Å². The standard InChI is InChI=1S/C16H16N2O4/c1-21-13-9-5-7-11(14(13)22-2)16(20)18-12-8-4-3-6-10(12)15(17)19/h3-9H,1-2H3,(H2,17,19)(H,18,20). The topological polar surface area (TPSA) is 90.6 Å². The highest BCUT2D eigenvalue weighted by Gasteiger charge is 2.18. The number of hydrogen-bond acceptors (Lipinski definition) is 4. The van der Waals surface area contributed by atoms with Crippen LogP contribution in [-0.4, -0.2) is 26.0 Å². The van der Waals surface area contributed by atoms with E-state index >= 15 is 0 Å². The van der Waals surface area contributed by atoms with E-state index in [9.17, 15) is 9.59 Å². The first kappa shape index (κ1) is 15.4. The van der Waals surface area contributed by atoms with Crippen molar-refractivity contribution in [1.82, 2.24) is 0 Å². The van der Waals surface area contributed by atoms with Gasteiger partial charge in [0.15, 0.2) is 11.5 Å². The van der Waals surface area contributed by atoms with Gasteiger partial charge in [0.1, 0.15) is 0 Å². The number of amides is 2. The van der Waals surface area contributed by atoms with E-state index in [0.717, 1.165) is 0 Å². The molecule has 0 heterocycles. The summed E-state index contributed by atoms with van der Waals surface area (Å²) in [6, 6.07) is 11.5. The molecule has 0 saturated heterocycles. The average Bonchev–Trinajstić information content (AvgIpc) is 2.54. The Labute approximate surface area is 127 Å². The number of carbonyl (C=O) groups excluding carboxylic acids is 2. The van der Waals surface area contributed by atoms with Gasteiger partial charge in [0.2, 0.25) is 0 Å². The molecule has 6 nitrogen and oxygen atoms in total. The number of hydrogen-bond donors (Lipinski definition) is 2.